The van der Waals surface area contributed by atoms with Crippen molar-refractivity contribution in [1.29, 1.82) is 0 Å². The fourth-order valence-electron chi connectivity index (χ4n) is 4.06. The van der Waals surface area contributed by atoms with E-state index in [4.69, 9.17) is 0 Å². The Morgan fingerprint density at radius 2 is 1.71 bits per heavy atom. The zero-order chi connectivity index (χ0) is 11.7. The quantitative estimate of drug-likeness (QED) is 0.793. The summed E-state index contributed by atoms with van der Waals surface area (Å²) in [6.07, 6.45) is 10.2. The van der Waals surface area contributed by atoms with Crippen molar-refractivity contribution < 1.29 is 0 Å². The Bertz CT molecular complexity index is 245. The summed E-state index contributed by atoms with van der Waals surface area (Å²) in [7, 11) is 0. The number of hydrogen-bond acceptors (Lipinski definition) is 2. The molecule has 3 fully saturated rings. The third-order valence-corrected chi connectivity index (χ3v) is 5.26. The van der Waals surface area contributed by atoms with Gasteiger partial charge in [0.15, 0.2) is 0 Å². The van der Waals surface area contributed by atoms with E-state index in [1.807, 2.05) is 0 Å². The second kappa shape index (κ2) is 5.27. The van der Waals surface area contributed by atoms with Crippen molar-refractivity contribution in [3.63, 3.8) is 0 Å². The third kappa shape index (κ3) is 3.03. The minimum absolute atomic E-state index is 0.810. The molecule has 0 aromatic carbocycles. The lowest BCUT2D eigenvalue weighted by molar-refractivity contribution is 0.178. The van der Waals surface area contributed by atoms with E-state index >= 15 is 0 Å². The number of likely N-dealkylation sites (tertiary alicyclic amines) is 1. The highest BCUT2D eigenvalue weighted by molar-refractivity contribution is 4.90. The minimum Gasteiger partial charge on any atom is -0.310 e. The van der Waals surface area contributed by atoms with E-state index in [1.165, 1.54) is 64.6 Å². The molecule has 98 valence electrons. The van der Waals surface area contributed by atoms with Crippen LogP contribution in [0, 0.1) is 11.8 Å². The van der Waals surface area contributed by atoms with E-state index in [1.54, 1.807) is 0 Å². The molecule has 1 N–H and O–H groups in total. The Labute approximate surface area is 106 Å². The number of nitrogens with zero attached hydrogens (tertiary/aromatic N) is 1. The highest BCUT2D eigenvalue weighted by Gasteiger charge is 2.30. The lowest BCUT2D eigenvalue weighted by atomic mass is 9.82. The Balaban J connectivity index is 1.48. The van der Waals surface area contributed by atoms with Crippen molar-refractivity contribution in [2.75, 3.05) is 19.6 Å². The fraction of sp³-hybridized carbons (Fsp3) is 1.00. The zero-order valence-corrected chi connectivity index (χ0v) is 11.3. The first kappa shape index (κ1) is 12.0. The smallest absolute Gasteiger partial charge is 0.0198 e. The van der Waals surface area contributed by atoms with Crippen molar-refractivity contribution in [3.05, 3.63) is 0 Å². The number of fused-ring (bicyclic) bond motifs is 2. The largest absolute Gasteiger partial charge is 0.310 e. The third-order valence-electron chi connectivity index (χ3n) is 5.26. The highest BCUT2D eigenvalue weighted by Crippen LogP contribution is 2.30. The zero-order valence-electron chi connectivity index (χ0n) is 11.3. The van der Waals surface area contributed by atoms with Crippen LogP contribution in [0.3, 0.4) is 0 Å². The van der Waals surface area contributed by atoms with E-state index in [0.717, 1.165) is 23.9 Å². The maximum absolute atomic E-state index is 3.79. The predicted octanol–water partition coefficient (Wildman–Crippen LogP) is 2.64. The van der Waals surface area contributed by atoms with E-state index in [-0.39, 0.29) is 0 Å². The standard InChI is InChI=1S/C15H28N2/c1-12-2-4-13(5-3-12)10-17-9-8-14-6-7-15(11-17)16-14/h12-16H,2-11H2,1H3. The van der Waals surface area contributed by atoms with Crippen LogP contribution < -0.4 is 5.32 Å². The van der Waals surface area contributed by atoms with Gasteiger partial charge in [0.2, 0.25) is 0 Å². The van der Waals surface area contributed by atoms with Gasteiger partial charge in [-0.1, -0.05) is 19.8 Å². The van der Waals surface area contributed by atoms with Crippen LogP contribution in [0.15, 0.2) is 0 Å². The van der Waals surface area contributed by atoms with Crippen molar-refractivity contribution in [3.8, 4) is 0 Å². The molecule has 2 aliphatic heterocycles. The van der Waals surface area contributed by atoms with Gasteiger partial charge < -0.3 is 10.2 Å². The van der Waals surface area contributed by atoms with Gasteiger partial charge in [-0.25, -0.2) is 0 Å². The molecule has 2 heteroatoms. The molecule has 17 heavy (non-hydrogen) atoms. The summed E-state index contributed by atoms with van der Waals surface area (Å²) < 4.78 is 0. The van der Waals surface area contributed by atoms with Gasteiger partial charge in [-0.3, -0.25) is 0 Å². The Hall–Kier alpha value is -0.0800. The van der Waals surface area contributed by atoms with E-state index in [2.05, 4.69) is 17.1 Å². The molecule has 0 aromatic rings. The molecule has 2 heterocycles. The first-order valence-electron chi connectivity index (χ1n) is 7.78. The van der Waals surface area contributed by atoms with Gasteiger partial charge in [-0.05, 0) is 50.5 Å². The SMILES string of the molecule is CC1CCC(CN2CCC3CCC(C2)N3)CC1. The van der Waals surface area contributed by atoms with Gasteiger partial charge in [0.1, 0.15) is 0 Å². The summed E-state index contributed by atoms with van der Waals surface area (Å²) in [6, 6.07) is 1.65. The van der Waals surface area contributed by atoms with Crippen LogP contribution in [0.5, 0.6) is 0 Å². The predicted molar refractivity (Wildman–Crippen MR) is 72.1 cm³/mol. The number of nitrogens with one attached hydrogen (secondary N) is 1. The molecule has 2 bridgehead atoms. The van der Waals surface area contributed by atoms with Crippen molar-refractivity contribution in [2.24, 2.45) is 11.8 Å². The molecule has 1 saturated carbocycles. The van der Waals surface area contributed by atoms with Crippen LogP contribution in [0.4, 0.5) is 0 Å². The normalized spacial score (nSPS) is 43.6. The van der Waals surface area contributed by atoms with Crippen LogP contribution in [0.25, 0.3) is 0 Å². The molecular weight excluding hydrogens is 208 g/mol. The van der Waals surface area contributed by atoms with Gasteiger partial charge in [0, 0.05) is 25.2 Å². The van der Waals surface area contributed by atoms with Gasteiger partial charge in [0.25, 0.3) is 0 Å². The monoisotopic (exact) mass is 236 g/mol. The van der Waals surface area contributed by atoms with Crippen LogP contribution in [-0.4, -0.2) is 36.6 Å². The van der Waals surface area contributed by atoms with Crippen LogP contribution in [-0.2, 0) is 0 Å². The van der Waals surface area contributed by atoms with Gasteiger partial charge in [-0.15, -0.1) is 0 Å². The van der Waals surface area contributed by atoms with Crippen molar-refractivity contribution in [1.82, 2.24) is 10.2 Å². The van der Waals surface area contributed by atoms with Crippen LogP contribution in [0.1, 0.15) is 51.9 Å². The average Bonchev–Trinajstić information content (AvgIpc) is 2.66. The highest BCUT2D eigenvalue weighted by atomic mass is 15.2. The Morgan fingerprint density at radius 1 is 0.941 bits per heavy atom. The summed E-state index contributed by atoms with van der Waals surface area (Å²) in [5.74, 6) is 2.00. The maximum atomic E-state index is 3.79. The van der Waals surface area contributed by atoms with Gasteiger partial charge in [0.05, 0.1) is 0 Å². The lowest BCUT2D eigenvalue weighted by Crippen LogP contribution is -2.38. The van der Waals surface area contributed by atoms with Crippen LogP contribution in [0.2, 0.25) is 0 Å². The molecule has 0 spiro atoms. The minimum atomic E-state index is 0.810. The molecule has 1 aliphatic carbocycles. The summed E-state index contributed by atoms with van der Waals surface area (Å²) >= 11 is 0. The average molecular weight is 236 g/mol. The van der Waals surface area contributed by atoms with Gasteiger partial charge >= 0.3 is 0 Å². The molecule has 0 amide bonds. The summed E-state index contributed by atoms with van der Waals surface area (Å²) in [5, 5.41) is 3.79. The maximum Gasteiger partial charge on any atom is 0.0198 e. The first-order valence-corrected chi connectivity index (χ1v) is 7.78. The Morgan fingerprint density at radius 3 is 2.53 bits per heavy atom. The van der Waals surface area contributed by atoms with E-state index in [0.29, 0.717) is 0 Å². The number of rotatable bonds is 2. The molecule has 2 saturated heterocycles. The summed E-state index contributed by atoms with van der Waals surface area (Å²) in [4.78, 5) is 2.76. The molecule has 2 nitrogen and oxygen atoms in total. The van der Waals surface area contributed by atoms with Crippen LogP contribution >= 0.6 is 0 Å². The summed E-state index contributed by atoms with van der Waals surface area (Å²) in [6.45, 7) is 6.48. The molecule has 3 aliphatic rings. The molecule has 2 unspecified atom stereocenters. The molecule has 3 rings (SSSR count). The van der Waals surface area contributed by atoms with Crippen molar-refractivity contribution >= 4 is 0 Å². The number of hydrogen-bond donors (Lipinski definition) is 1. The van der Waals surface area contributed by atoms with E-state index in [9.17, 15) is 0 Å². The Kier molecular flexibility index (Phi) is 3.72. The van der Waals surface area contributed by atoms with Crippen molar-refractivity contribution in [2.45, 2.75) is 64.0 Å². The van der Waals surface area contributed by atoms with E-state index < -0.39 is 0 Å². The summed E-state index contributed by atoms with van der Waals surface area (Å²) in [5.41, 5.74) is 0. The molecule has 0 aromatic heterocycles. The fourth-order valence-corrected chi connectivity index (χ4v) is 4.06. The first-order chi connectivity index (χ1) is 8.29. The second-order valence-corrected chi connectivity index (χ2v) is 6.81. The molecule has 2 atom stereocenters. The molecule has 0 radical (unpaired) electrons. The second-order valence-electron chi connectivity index (χ2n) is 6.81. The van der Waals surface area contributed by atoms with Gasteiger partial charge in [-0.2, -0.15) is 0 Å². The molecular formula is C15H28N2. The topological polar surface area (TPSA) is 15.3 Å². The lowest BCUT2D eigenvalue weighted by Gasteiger charge is -2.32.